The van der Waals surface area contributed by atoms with E-state index in [1.807, 2.05) is 31.2 Å². The van der Waals surface area contributed by atoms with Gasteiger partial charge in [0.2, 0.25) is 0 Å². The molecule has 0 bridgehead atoms. The van der Waals surface area contributed by atoms with Gasteiger partial charge < -0.3 is 14.8 Å². The molecule has 0 aliphatic rings. The highest BCUT2D eigenvalue weighted by Crippen LogP contribution is 2.26. The van der Waals surface area contributed by atoms with E-state index in [4.69, 9.17) is 9.47 Å². The number of ether oxygens (including phenoxy) is 2. The van der Waals surface area contributed by atoms with Crippen molar-refractivity contribution in [2.24, 2.45) is 0 Å². The lowest BCUT2D eigenvalue weighted by atomic mass is 10.3. The molecule has 4 heteroatoms. The van der Waals surface area contributed by atoms with E-state index >= 15 is 0 Å². The summed E-state index contributed by atoms with van der Waals surface area (Å²) >= 11 is 0. The summed E-state index contributed by atoms with van der Waals surface area (Å²) in [7, 11) is 1.61. The van der Waals surface area contributed by atoms with Crippen LogP contribution in [0.2, 0.25) is 0 Å². The molecule has 0 fully saturated rings. The zero-order valence-corrected chi connectivity index (χ0v) is 11.6. The highest BCUT2D eigenvalue weighted by molar-refractivity contribution is 5.43. The van der Waals surface area contributed by atoms with Crippen molar-refractivity contribution in [2.75, 3.05) is 19.0 Å². The Kier molecular flexibility index (Phi) is 4.82. The van der Waals surface area contributed by atoms with Gasteiger partial charge in [-0.2, -0.15) is 0 Å². The first-order valence-corrected chi connectivity index (χ1v) is 6.48. The van der Waals surface area contributed by atoms with Crippen LogP contribution in [0, 0.1) is 5.82 Å². The monoisotopic (exact) mass is 275 g/mol. The summed E-state index contributed by atoms with van der Waals surface area (Å²) in [6.07, 6.45) is -0.0450. The number of hydrogen-bond donors (Lipinski definition) is 1. The molecule has 106 valence electrons. The molecule has 0 spiro atoms. The number of nitrogens with one attached hydrogen (secondary N) is 1. The third-order valence-corrected chi connectivity index (χ3v) is 2.84. The van der Waals surface area contributed by atoms with Crippen LogP contribution in [0.3, 0.4) is 0 Å². The summed E-state index contributed by atoms with van der Waals surface area (Å²) in [5, 5.41) is 3.20. The number of rotatable bonds is 6. The molecule has 0 radical (unpaired) electrons. The van der Waals surface area contributed by atoms with Crippen molar-refractivity contribution in [1.29, 1.82) is 0 Å². The second-order valence-electron chi connectivity index (χ2n) is 4.47. The van der Waals surface area contributed by atoms with Crippen molar-refractivity contribution in [3.8, 4) is 11.5 Å². The Morgan fingerprint density at radius 1 is 1.05 bits per heavy atom. The Morgan fingerprint density at radius 2 is 1.70 bits per heavy atom. The fourth-order valence-electron chi connectivity index (χ4n) is 1.80. The molecule has 0 aliphatic heterocycles. The Morgan fingerprint density at radius 3 is 2.35 bits per heavy atom. The fourth-order valence-corrected chi connectivity index (χ4v) is 1.80. The topological polar surface area (TPSA) is 30.5 Å². The molecule has 0 aliphatic carbocycles. The van der Waals surface area contributed by atoms with Crippen LogP contribution in [0.15, 0.2) is 48.5 Å². The molecule has 0 amide bonds. The Labute approximate surface area is 118 Å². The minimum Gasteiger partial charge on any atom is -0.493 e. The molecule has 0 saturated heterocycles. The van der Waals surface area contributed by atoms with Gasteiger partial charge >= 0.3 is 0 Å². The molecule has 2 rings (SSSR count). The summed E-state index contributed by atoms with van der Waals surface area (Å²) in [6, 6.07) is 13.8. The summed E-state index contributed by atoms with van der Waals surface area (Å²) < 4.78 is 23.8. The van der Waals surface area contributed by atoms with E-state index in [9.17, 15) is 4.39 Å². The van der Waals surface area contributed by atoms with E-state index in [0.717, 1.165) is 5.69 Å². The van der Waals surface area contributed by atoms with Gasteiger partial charge in [-0.1, -0.05) is 12.1 Å². The predicted octanol–water partition coefficient (Wildman–Crippen LogP) is 3.71. The van der Waals surface area contributed by atoms with Crippen LogP contribution in [-0.4, -0.2) is 19.8 Å². The van der Waals surface area contributed by atoms with E-state index in [0.29, 0.717) is 18.0 Å². The molecule has 0 heterocycles. The predicted molar refractivity (Wildman–Crippen MR) is 78.0 cm³/mol. The zero-order chi connectivity index (χ0) is 14.4. The van der Waals surface area contributed by atoms with Crippen molar-refractivity contribution < 1.29 is 13.9 Å². The van der Waals surface area contributed by atoms with Gasteiger partial charge in [0.1, 0.15) is 11.9 Å². The third-order valence-electron chi connectivity index (χ3n) is 2.84. The van der Waals surface area contributed by atoms with Crippen LogP contribution in [0.4, 0.5) is 10.1 Å². The smallest absolute Gasteiger partial charge is 0.161 e. The first kappa shape index (κ1) is 14.2. The van der Waals surface area contributed by atoms with Crippen molar-refractivity contribution in [3.05, 3.63) is 54.3 Å². The quantitative estimate of drug-likeness (QED) is 0.871. The van der Waals surface area contributed by atoms with Crippen molar-refractivity contribution >= 4 is 5.69 Å². The van der Waals surface area contributed by atoms with Crippen LogP contribution >= 0.6 is 0 Å². The SMILES string of the molecule is COc1ccccc1OC(C)CNc1ccc(F)cc1. The third kappa shape index (κ3) is 3.88. The molecule has 2 aromatic rings. The van der Waals surface area contributed by atoms with E-state index in [1.54, 1.807) is 19.2 Å². The minimum atomic E-state index is -0.242. The lowest BCUT2D eigenvalue weighted by Crippen LogP contribution is -2.22. The van der Waals surface area contributed by atoms with E-state index in [-0.39, 0.29) is 11.9 Å². The average Bonchev–Trinajstić information content (AvgIpc) is 2.47. The largest absolute Gasteiger partial charge is 0.493 e. The second-order valence-corrected chi connectivity index (χ2v) is 4.47. The summed E-state index contributed by atoms with van der Waals surface area (Å²) in [6.45, 7) is 2.58. The fraction of sp³-hybridized carbons (Fsp3) is 0.250. The summed E-state index contributed by atoms with van der Waals surface area (Å²) in [4.78, 5) is 0. The second kappa shape index (κ2) is 6.80. The van der Waals surface area contributed by atoms with Gasteiger partial charge in [-0.3, -0.25) is 0 Å². The number of hydrogen-bond acceptors (Lipinski definition) is 3. The van der Waals surface area contributed by atoms with Gasteiger partial charge in [0, 0.05) is 5.69 Å². The van der Waals surface area contributed by atoms with E-state index in [2.05, 4.69) is 5.32 Å². The number of anilines is 1. The lowest BCUT2D eigenvalue weighted by Gasteiger charge is -2.17. The zero-order valence-electron chi connectivity index (χ0n) is 11.6. The number of halogens is 1. The van der Waals surface area contributed by atoms with Gasteiger partial charge in [0.15, 0.2) is 11.5 Å². The molecule has 1 N–H and O–H groups in total. The van der Waals surface area contributed by atoms with Crippen LogP contribution in [-0.2, 0) is 0 Å². The van der Waals surface area contributed by atoms with Crippen molar-refractivity contribution in [1.82, 2.24) is 0 Å². The van der Waals surface area contributed by atoms with Crippen molar-refractivity contribution in [2.45, 2.75) is 13.0 Å². The molecule has 0 aromatic heterocycles. The Balaban J connectivity index is 1.89. The molecular formula is C16H18FNO2. The molecule has 1 atom stereocenters. The molecule has 1 unspecified atom stereocenters. The summed E-state index contributed by atoms with van der Waals surface area (Å²) in [5.41, 5.74) is 0.863. The van der Waals surface area contributed by atoms with E-state index < -0.39 is 0 Å². The molecule has 20 heavy (non-hydrogen) atoms. The van der Waals surface area contributed by atoms with E-state index in [1.165, 1.54) is 12.1 Å². The van der Waals surface area contributed by atoms with Crippen LogP contribution in [0.5, 0.6) is 11.5 Å². The highest BCUT2D eigenvalue weighted by Gasteiger charge is 2.08. The standard InChI is InChI=1S/C16H18FNO2/c1-12(11-18-14-9-7-13(17)8-10-14)20-16-6-4-3-5-15(16)19-2/h3-10,12,18H,11H2,1-2H3. The first-order chi connectivity index (χ1) is 9.69. The normalized spacial score (nSPS) is 11.8. The van der Waals surface area contributed by atoms with Gasteiger partial charge in [-0.05, 0) is 43.3 Å². The van der Waals surface area contributed by atoms with Crippen LogP contribution < -0.4 is 14.8 Å². The first-order valence-electron chi connectivity index (χ1n) is 6.48. The van der Waals surface area contributed by atoms with Crippen molar-refractivity contribution in [3.63, 3.8) is 0 Å². The molecular weight excluding hydrogens is 257 g/mol. The van der Waals surface area contributed by atoms with Crippen LogP contribution in [0.1, 0.15) is 6.92 Å². The minimum absolute atomic E-state index is 0.0450. The number of methoxy groups -OCH3 is 1. The molecule has 2 aromatic carbocycles. The van der Waals surface area contributed by atoms with Gasteiger partial charge in [-0.25, -0.2) is 4.39 Å². The van der Waals surface area contributed by atoms with Gasteiger partial charge in [0.05, 0.1) is 13.7 Å². The molecule has 3 nitrogen and oxygen atoms in total. The number of benzene rings is 2. The maximum Gasteiger partial charge on any atom is 0.161 e. The maximum absolute atomic E-state index is 12.8. The van der Waals surface area contributed by atoms with Crippen LogP contribution in [0.25, 0.3) is 0 Å². The number of para-hydroxylation sites is 2. The maximum atomic E-state index is 12.8. The Bertz CT molecular complexity index is 542. The van der Waals surface area contributed by atoms with Gasteiger partial charge in [-0.15, -0.1) is 0 Å². The average molecular weight is 275 g/mol. The van der Waals surface area contributed by atoms with Gasteiger partial charge in [0.25, 0.3) is 0 Å². The summed E-state index contributed by atoms with van der Waals surface area (Å²) in [5.74, 6) is 1.18. The highest BCUT2D eigenvalue weighted by atomic mass is 19.1. The lowest BCUT2D eigenvalue weighted by molar-refractivity contribution is 0.223. The molecule has 0 saturated carbocycles. The Hall–Kier alpha value is -2.23.